The molecule has 2 atom stereocenters. The first-order valence-corrected chi connectivity index (χ1v) is 9.12. The van der Waals surface area contributed by atoms with E-state index in [0.29, 0.717) is 12.0 Å². The summed E-state index contributed by atoms with van der Waals surface area (Å²) in [5.74, 6) is 2.90. The van der Waals surface area contributed by atoms with Crippen molar-refractivity contribution in [2.45, 2.75) is 31.7 Å². The summed E-state index contributed by atoms with van der Waals surface area (Å²) < 4.78 is 9.52. The molecule has 1 aromatic carbocycles. The van der Waals surface area contributed by atoms with Crippen molar-refractivity contribution in [1.29, 1.82) is 0 Å². The van der Waals surface area contributed by atoms with Gasteiger partial charge in [0.15, 0.2) is 11.6 Å². The van der Waals surface area contributed by atoms with Gasteiger partial charge in [-0.25, -0.2) is 9.97 Å². The molecule has 0 radical (unpaired) electrons. The van der Waals surface area contributed by atoms with Crippen molar-refractivity contribution >= 4 is 0 Å². The second-order valence-corrected chi connectivity index (χ2v) is 6.85. The molecule has 0 spiro atoms. The van der Waals surface area contributed by atoms with Crippen LogP contribution in [-0.2, 0) is 0 Å². The first-order chi connectivity index (χ1) is 12.8. The first-order valence-electron chi connectivity index (χ1n) is 9.12. The Kier molecular flexibility index (Phi) is 4.75. The number of methoxy groups -OCH3 is 1. The number of benzene rings is 1. The molecular weight excluding hydrogens is 328 g/mol. The van der Waals surface area contributed by atoms with Gasteiger partial charge in [0.05, 0.1) is 7.11 Å². The van der Waals surface area contributed by atoms with Crippen LogP contribution in [0.1, 0.15) is 31.7 Å². The van der Waals surface area contributed by atoms with Crippen molar-refractivity contribution in [3.63, 3.8) is 0 Å². The Hall–Kier alpha value is -2.60. The Morgan fingerprint density at radius 3 is 2.62 bits per heavy atom. The minimum Gasteiger partial charge on any atom is -0.497 e. The van der Waals surface area contributed by atoms with Crippen LogP contribution in [0.4, 0.5) is 0 Å². The van der Waals surface area contributed by atoms with Crippen LogP contribution in [0.3, 0.4) is 0 Å². The minimum absolute atomic E-state index is 0.265. The summed E-state index contributed by atoms with van der Waals surface area (Å²) in [6.07, 6.45) is 12.0. The van der Waals surface area contributed by atoms with E-state index >= 15 is 0 Å². The zero-order chi connectivity index (χ0) is 17.9. The molecule has 136 valence electrons. The summed E-state index contributed by atoms with van der Waals surface area (Å²) in [4.78, 5) is 9.17. The lowest BCUT2D eigenvalue weighted by Crippen LogP contribution is -2.22. The summed E-state index contributed by atoms with van der Waals surface area (Å²) in [6, 6.07) is 8.27. The molecule has 0 amide bonds. The third-order valence-electron chi connectivity index (χ3n) is 5.27. The molecule has 1 aliphatic carbocycles. The Morgan fingerprint density at radius 2 is 1.85 bits per heavy atom. The molecule has 1 aliphatic rings. The van der Waals surface area contributed by atoms with Crippen LogP contribution in [0.2, 0.25) is 0 Å². The maximum absolute atomic E-state index is 9.54. The number of hydrogen-bond donors (Lipinski definition) is 1. The molecule has 2 heterocycles. The van der Waals surface area contributed by atoms with Gasteiger partial charge < -0.3 is 14.4 Å². The van der Waals surface area contributed by atoms with Gasteiger partial charge in [-0.15, -0.1) is 0 Å². The largest absolute Gasteiger partial charge is 0.497 e. The van der Waals surface area contributed by atoms with Crippen molar-refractivity contribution in [2.24, 2.45) is 5.92 Å². The topological polar surface area (TPSA) is 65.1 Å². The normalized spacial score (nSPS) is 20.2. The van der Waals surface area contributed by atoms with E-state index < -0.39 is 0 Å². The smallest absolute Gasteiger partial charge is 0.181 e. The SMILES string of the molecule is COc1ccc(-n2ccnc2-c2nccn2[C@@H]2CCC[C@H](CO)C2)cc1. The monoisotopic (exact) mass is 352 g/mol. The van der Waals surface area contributed by atoms with E-state index in [2.05, 4.69) is 14.5 Å². The number of imidazole rings is 2. The van der Waals surface area contributed by atoms with Crippen molar-refractivity contribution in [1.82, 2.24) is 19.1 Å². The lowest BCUT2D eigenvalue weighted by atomic mass is 9.86. The van der Waals surface area contributed by atoms with E-state index in [-0.39, 0.29) is 6.61 Å². The number of nitrogens with zero attached hydrogens (tertiary/aromatic N) is 4. The molecule has 1 N–H and O–H groups in total. The summed E-state index contributed by atoms with van der Waals surface area (Å²) in [7, 11) is 1.66. The standard InChI is InChI=1S/C20H24N4O2/c1-26-18-7-5-16(6-8-18)23-11-9-21-19(23)20-22-10-12-24(20)17-4-2-3-15(13-17)14-25/h5-12,15,17,25H,2-4,13-14H2,1H3/t15-,17+/m0/s1. The van der Waals surface area contributed by atoms with Crippen molar-refractivity contribution in [3.05, 3.63) is 49.1 Å². The van der Waals surface area contributed by atoms with E-state index in [1.54, 1.807) is 13.3 Å². The van der Waals surface area contributed by atoms with Crippen LogP contribution in [0.25, 0.3) is 17.3 Å². The van der Waals surface area contributed by atoms with Crippen LogP contribution >= 0.6 is 0 Å². The van der Waals surface area contributed by atoms with Crippen LogP contribution in [0.5, 0.6) is 5.75 Å². The van der Waals surface area contributed by atoms with Gasteiger partial charge in [0.25, 0.3) is 0 Å². The number of aliphatic hydroxyl groups excluding tert-OH is 1. The van der Waals surface area contributed by atoms with E-state index in [4.69, 9.17) is 4.74 Å². The first kappa shape index (κ1) is 16.8. The van der Waals surface area contributed by atoms with Gasteiger partial charge in [-0.1, -0.05) is 6.42 Å². The molecule has 3 aromatic rings. The predicted molar refractivity (Wildman–Crippen MR) is 99.4 cm³/mol. The van der Waals surface area contributed by atoms with Crippen molar-refractivity contribution in [3.8, 4) is 23.1 Å². The van der Waals surface area contributed by atoms with Crippen molar-refractivity contribution < 1.29 is 9.84 Å². The highest BCUT2D eigenvalue weighted by Gasteiger charge is 2.25. The molecule has 0 bridgehead atoms. The van der Waals surface area contributed by atoms with E-state index in [1.807, 2.05) is 47.4 Å². The molecular formula is C20H24N4O2. The predicted octanol–water partition coefficient (Wildman–Crippen LogP) is 3.47. The molecule has 0 unspecified atom stereocenters. The van der Waals surface area contributed by atoms with E-state index in [9.17, 15) is 5.11 Å². The molecule has 1 fully saturated rings. The second kappa shape index (κ2) is 7.33. The number of aromatic nitrogens is 4. The zero-order valence-electron chi connectivity index (χ0n) is 15.0. The molecule has 2 aromatic heterocycles. The minimum atomic E-state index is 0.265. The van der Waals surface area contributed by atoms with E-state index in [0.717, 1.165) is 48.8 Å². The molecule has 0 aliphatic heterocycles. The Labute approximate surface area is 153 Å². The maximum atomic E-state index is 9.54. The van der Waals surface area contributed by atoms with Crippen LogP contribution in [-0.4, -0.2) is 37.9 Å². The number of rotatable bonds is 5. The lowest BCUT2D eigenvalue weighted by molar-refractivity contribution is 0.163. The average molecular weight is 352 g/mol. The summed E-state index contributed by atoms with van der Waals surface area (Å²) in [5, 5.41) is 9.54. The maximum Gasteiger partial charge on any atom is 0.181 e. The van der Waals surface area contributed by atoms with Gasteiger partial charge in [0.1, 0.15) is 5.75 Å². The fourth-order valence-electron chi connectivity index (χ4n) is 3.88. The third kappa shape index (κ3) is 3.12. The quantitative estimate of drug-likeness (QED) is 0.764. The molecule has 1 saturated carbocycles. The summed E-state index contributed by atoms with van der Waals surface area (Å²) in [5.41, 5.74) is 1.02. The van der Waals surface area contributed by atoms with Crippen LogP contribution < -0.4 is 4.74 Å². The number of hydrogen-bond acceptors (Lipinski definition) is 4. The highest BCUT2D eigenvalue weighted by atomic mass is 16.5. The average Bonchev–Trinajstić information content (AvgIpc) is 3.37. The lowest BCUT2D eigenvalue weighted by Gasteiger charge is -2.29. The number of aliphatic hydroxyl groups is 1. The molecule has 4 rings (SSSR count). The number of ether oxygens (including phenoxy) is 1. The highest BCUT2D eigenvalue weighted by Crippen LogP contribution is 2.35. The van der Waals surface area contributed by atoms with Gasteiger partial charge in [0.2, 0.25) is 0 Å². The zero-order valence-corrected chi connectivity index (χ0v) is 15.0. The van der Waals surface area contributed by atoms with Gasteiger partial charge in [-0.3, -0.25) is 4.57 Å². The van der Waals surface area contributed by atoms with Gasteiger partial charge in [-0.05, 0) is 49.4 Å². The fraction of sp³-hybridized carbons (Fsp3) is 0.400. The van der Waals surface area contributed by atoms with Crippen molar-refractivity contribution in [2.75, 3.05) is 13.7 Å². The summed E-state index contributed by atoms with van der Waals surface area (Å²) >= 11 is 0. The Bertz CT molecular complexity index is 853. The third-order valence-corrected chi connectivity index (χ3v) is 5.27. The second-order valence-electron chi connectivity index (χ2n) is 6.85. The molecule has 26 heavy (non-hydrogen) atoms. The van der Waals surface area contributed by atoms with Crippen LogP contribution in [0, 0.1) is 5.92 Å². The molecule has 6 heteroatoms. The molecule has 6 nitrogen and oxygen atoms in total. The highest BCUT2D eigenvalue weighted by molar-refractivity contribution is 5.52. The van der Waals surface area contributed by atoms with Crippen LogP contribution in [0.15, 0.2) is 49.1 Å². The molecule has 0 saturated heterocycles. The summed E-state index contributed by atoms with van der Waals surface area (Å²) in [6.45, 7) is 0.265. The fourth-order valence-corrected chi connectivity index (χ4v) is 3.88. The van der Waals surface area contributed by atoms with Gasteiger partial charge >= 0.3 is 0 Å². The van der Waals surface area contributed by atoms with Gasteiger partial charge in [-0.2, -0.15) is 0 Å². The Morgan fingerprint density at radius 1 is 1.08 bits per heavy atom. The van der Waals surface area contributed by atoms with Gasteiger partial charge in [0, 0.05) is 43.1 Å². The van der Waals surface area contributed by atoms with E-state index in [1.165, 1.54) is 0 Å². The Balaban J connectivity index is 1.67.